The number of sulfonamides is 1. The van der Waals surface area contributed by atoms with E-state index < -0.39 is 10.0 Å². The Balaban J connectivity index is 3.04. The van der Waals surface area contributed by atoms with E-state index in [4.69, 9.17) is 4.74 Å². The van der Waals surface area contributed by atoms with Gasteiger partial charge in [0.2, 0.25) is 10.0 Å². The summed E-state index contributed by atoms with van der Waals surface area (Å²) in [6.07, 6.45) is 0. The molecule has 0 heterocycles. The monoisotopic (exact) mass is 378 g/mol. The van der Waals surface area contributed by atoms with Crippen LogP contribution < -0.4 is 10.0 Å². The van der Waals surface area contributed by atoms with Gasteiger partial charge < -0.3 is 10.1 Å². The summed E-state index contributed by atoms with van der Waals surface area (Å²) in [6, 6.07) is 3.99. The molecule has 2 N–H and O–H groups in total. The maximum Gasteiger partial charge on any atom is 0.240 e. The van der Waals surface area contributed by atoms with Crippen molar-refractivity contribution in [1.82, 2.24) is 10.0 Å². The largest absolute Gasteiger partial charge is 0.383 e. The smallest absolute Gasteiger partial charge is 0.240 e. The minimum absolute atomic E-state index is 0.254. The molecule has 7 heteroatoms. The zero-order chi connectivity index (χ0) is 16.0. The number of halogens is 1. The van der Waals surface area contributed by atoms with Crippen LogP contribution in [-0.4, -0.2) is 34.7 Å². The third kappa shape index (κ3) is 5.67. The van der Waals surface area contributed by atoms with Gasteiger partial charge in [0, 0.05) is 30.7 Å². The number of methoxy groups -OCH3 is 1. The molecule has 0 aromatic heterocycles. The predicted molar refractivity (Wildman–Crippen MR) is 87.9 cm³/mol. The first-order valence-electron chi connectivity index (χ1n) is 6.79. The van der Waals surface area contributed by atoms with E-state index >= 15 is 0 Å². The van der Waals surface area contributed by atoms with Crippen molar-refractivity contribution in [2.45, 2.75) is 38.3 Å². The fraction of sp³-hybridized carbons (Fsp3) is 0.571. The molecular weight excluding hydrogens is 356 g/mol. The first-order chi connectivity index (χ1) is 9.77. The van der Waals surface area contributed by atoms with Crippen LogP contribution in [0.3, 0.4) is 0 Å². The molecule has 0 unspecified atom stereocenters. The Morgan fingerprint density at radius 2 is 2.00 bits per heavy atom. The van der Waals surface area contributed by atoms with Gasteiger partial charge in [0.1, 0.15) is 0 Å². The van der Waals surface area contributed by atoms with E-state index in [9.17, 15) is 8.42 Å². The maximum absolute atomic E-state index is 12.4. The van der Waals surface area contributed by atoms with Crippen LogP contribution in [0.5, 0.6) is 0 Å². The summed E-state index contributed by atoms with van der Waals surface area (Å²) in [6.45, 7) is 7.10. The van der Waals surface area contributed by atoms with Gasteiger partial charge in [-0.05, 0) is 30.2 Å². The quantitative estimate of drug-likeness (QED) is 0.680. The van der Waals surface area contributed by atoms with Gasteiger partial charge >= 0.3 is 0 Å². The molecule has 1 aromatic carbocycles. The average Bonchev–Trinajstić information content (AvgIpc) is 2.39. The first-order valence-corrected chi connectivity index (χ1v) is 9.06. The fourth-order valence-electron chi connectivity index (χ4n) is 1.77. The highest BCUT2D eigenvalue weighted by Gasteiger charge is 2.19. The number of hydrogen-bond acceptors (Lipinski definition) is 4. The molecule has 0 aliphatic heterocycles. The first kappa shape index (κ1) is 18.6. The Bertz CT molecular complexity index is 574. The van der Waals surface area contributed by atoms with Gasteiger partial charge in [0.05, 0.1) is 11.5 Å². The van der Waals surface area contributed by atoms with Crippen LogP contribution in [0.2, 0.25) is 0 Å². The highest BCUT2D eigenvalue weighted by atomic mass is 79.9. The molecule has 5 nitrogen and oxygen atoms in total. The van der Waals surface area contributed by atoms with E-state index in [0.717, 1.165) is 10.0 Å². The van der Waals surface area contributed by atoms with Crippen LogP contribution in [0.15, 0.2) is 21.5 Å². The lowest BCUT2D eigenvalue weighted by Crippen LogP contribution is -2.28. The van der Waals surface area contributed by atoms with Gasteiger partial charge in [-0.2, -0.15) is 0 Å². The molecule has 0 amide bonds. The van der Waals surface area contributed by atoms with Crippen LogP contribution >= 0.6 is 15.9 Å². The fourth-order valence-corrected chi connectivity index (χ4v) is 3.73. The SMILES string of the molecule is COCCNS(=O)(=O)c1cc(CNC(C)C)cc(Br)c1C. The van der Waals surface area contributed by atoms with Crippen molar-refractivity contribution in [3.63, 3.8) is 0 Å². The van der Waals surface area contributed by atoms with Gasteiger partial charge in [0.25, 0.3) is 0 Å². The number of nitrogens with one attached hydrogen (secondary N) is 2. The lowest BCUT2D eigenvalue weighted by Gasteiger charge is -2.14. The summed E-state index contributed by atoms with van der Waals surface area (Å²) in [5.41, 5.74) is 1.63. The molecule has 0 bridgehead atoms. The molecule has 1 rings (SSSR count). The van der Waals surface area contributed by atoms with Crippen molar-refractivity contribution in [2.24, 2.45) is 0 Å². The normalized spacial score (nSPS) is 12.1. The summed E-state index contributed by atoms with van der Waals surface area (Å²) in [5.74, 6) is 0. The Hall–Kier alpha value is -0.470. The van der Waals surface area contributed by atoms with Crippen LogP contribution in [0.4, 0.5) is 0 Å². The average molecular weight is 379 g/mol. The molecule has 0 saturated heterocycles. The Morgan fingerprint density at radius 3 is 2.57 bits per heavy atom. The number of ether oxygens (including phenoxy) is 1. The lowest BCUT2D eigenvalue weighted by atomic mass is 10.1. The summed E-state index contributed by atoms with van der Waals surface area (Å²) < 4.78 is 32.9. The van der Waals surface area contributed by atoms with Crippen LogP contribution in [0.25, 0.3) is 0 Å². The van der Waals surface area contributed by atoms with Gasteiger partial charge in [-0.3, -0.25) is 0 Å². The Kier molecular flexibility index (Phi) is 7.29. The van der Waals surface area contributed by atoms with Crippen molar-refractivity contribution in [2.75, 3.05) is 20.3 Å². The molecule has 21 heavy (non-hydrogen) atoms. The summed E-state index contributed by atoms with van der Waals surface area (Å²) >= 11 is 3.43. The predicted octanol–water partition coefficient (Wildman–Crippen LogP) is 2.18. The van der Waals surface area contributed by atoms with Crippen LogP contribution in [0, 0.1) is 6.92 Å². The van der Waals surface area contributed by atoms with Crippen LogP contribution in [0.1, 0.15) is 25.0 Å². The molecule has 120 valence electrons. The van der Waals surface area contributed by atoms with Crippen molar-refractivity contribution >= 4 is 26.0 Å². The second kappa shape index (κ2) is 8.24. The van der Waals surface area contributed by atoms with E-state index in [1.165, 1.54) is 7.11 Å². The van der Waals surface area contributed by atoms with Crippen molar-refractivity contribution in [3.05, 3.63) is 27.7 Å². The van der Waals surface area contributed by atoms with E-state index in [1.54, 1.807) is 13.0 Å². The van der Waals surface area contributed by atoms with Gasteiger partial charge in [0.15, 0.2) is 0 Å². The highest BCUT2D eigenvalue weighted by molar-refractivity contribution is 9.10. The van der Waals surface area contributed by atoms with E-state index in [-0.39, 0.29) is 6.54 Å². The van der Waals surface area contributed by atoms with E-state index in [2.05, 4.69) is 26.0 Å². The molecule has 0 saturated carbocycles. The third-order valence-corrected chi connectivity index (χ3v) is 5.37. The number of hydrogen-bond donors (Lipinski definition) is 2. The Morgan fingerprint density at radius 1 is 1.33 bits per heavy atom. The van der Waals surface area contributed by atoms with Gasteiger partial charge in [-0.25, -0.2) is 13.1 Å². The lowest BCUT2D eigenvalue weighted by molar-refractivity contribution is 0.204. The van der Waals surface area contributed by atoms with Crippen LogP contribution in [-0.2, 0) is 21.3 Å². The second-order valence-corrected chi connectivity index (χ2v) is 7.72. The standard InChI is InChI=1S/C14H23BrN2O3S/c1-10(2)16-9-12-7-13(15)11(3)14(8-12)21(18,19)17-5-6-20-4/h7-8,10,16-17H,5-6,9H2,1-4H3. The summed E-state index contributed by atoms with van der Waals surface area (Å²) in [5, 5.41) is 3.28. The minimum Gasteiger partial charge on any atom is -0.383 e. The van der Waals surface area contributed by atoms with E-state index in [0.29, 0.717) is 29.7 Å². The summed E-state index contributed by atoms with van der Waals surface area (Å²) in [4.78, 5) is 0.300. The zero-order valence-electron chi connectivity index (χ0n) is 12.9. The second-order valence-electron chi connectivity index (χ2n) is 5.13. The maximum atomic E-state index is 12.4. The number of rotatable bonds is 8. The van der Waals surface area contributed by atoms with Crippen molar-refractivity contribution in [1.29, 1.82) is 0 Å². The molecule has 0 spiro atoms. The molecular formula is C14H23BrN2O3S. The van der Waals surface area contributed by atoms with Crippen molar-refractivity contribution in [3.8, 4) is 0 Å². The van der Waals surface area contributed by atoms with Gasteiger partial charge in [-0.15, -0.1) is 0 Å². The molecule has 0 aliphatic carbocycles. The zero-order valence-corrected chi connectivity index (χ0v) is 15.3. The van der Waals surface area contributed by atoms with E-state index in [1.807, 2.05) is 19.9 Å². The molecule has 0 fully saturated rings. The minimum atomic E-state index is -3.53. The summed E-state index contributed by atoms with van der Waals surface area (Å²) in [7, 11) is -2.00. The third-order valence-electron chi connectivity index (χ3n) is 2.96. The Labute approximate surface area is 135 Å². The topological polar surface area (TPSA) is 67.4 Å². The highest BCUT2D eigenvalue weighted by Crippen LogP contribution is 2.25. The molecule has 1 aromatic rings. The molecule has 0 atom stereocenters. The molecule has 0 radical (unpaired) electrons. The van der Waals surface area contributed by atoms with Crippen molar-refractivity contribution < 1.29 is 13.2 Å². The molecule has 0 aliphatic rings. The number of benzene rings is 1. The van der Waals surface area contributed by atoms with Gasteiger partial charge in [-0.1, -0.05) is 29.8 Å².